The summed E-state index contributed by atoms with van der Waals surface area (Å²) < 4.78 is 16.6. The number of rotatable bonds is 9. The monoisotopic (exact) mass is 431 g/mol. The lowest BCUT2D eigenvalue weighted by molar-refractivity contribution is 0.322. The van der Waals surface area contributed by atoms with Gasteiger partial charge in [-0.2, -0.15) is 11.3 Å². The predicted octanol–water partition coefficient (Wildman–Crippen LogP) is 6.86. The molecule has 0 aliphatic rings. The molecule has 0 saturated heterocycles. The van der Waals surface area contributed by atoms with Crippen LogP contribution in [0.3, 0.4) is 0 Å². The van der Waals surface area contributed by atoms with Crippen LogP contribution in [0, 0.1) is 0 Å². The number of ether oxygens (including phenoxy) is 3. The number of benzene rings is 3. The van der Waals surface area contributed by atoms with Gasteiger partial charge in [0.2, 0.25) is 0 Å². The van der Waals surface area contributed by atoms with Gasteiger partial charge in [-0.1, -0.05) is 0 Å². The first-order chi connectivity index (χ1) is 15.3. The highest BCUT2D eigenvalue weighted by Gasteiger charge is 2.13. The zero-order valence-electron chi connectivity index (χ0n) is 17.7. The minimum Gasteiger partial charge on any atom is -0.497 e. The first-order valence-corrected chi connectivity index (χ1v) is 11.0. The molecule has 4 aromatic rings. The summed E-state index contributed by atoms with van der Waals surface area (Å²) in [6, 6.07) is 26.4. The highest BCUT2D eigenvalue weighted by molar-refractivity contribution is 7.07. The van der Waals surface area contributed by atoms with Crippen LogP contribution in [-0.4, -0.2) is 20.8 Å². The molecule has 1 heterocycles. The molecule has 1 aromatic heterocycles. The summed E-state index contributed by atoms with van der Waals surface area (Å²) in [6.07, 6.45) is 0.912. The molecule has 4 nitrogen and oxygen atoms in total. The molecule has 31 heavy (non-hydrogen) atoms. The summed E-state index contributed by atoms with van der Waals surface area (Å²) in [5.41, 5.74) is 4.43. The second-order valence-electron chi connectivity index (χ2n) is 6.96. The Morgan fingerprint density at radius 3 is 1.55 bits per heavy atom. The molecule has 0 aliphatic carbocycles. The molecule has 158 valence electrons. The van der Waals surface area contributed by atoms with Gasteiger partial charge in [-0.15, -0.1) is 0 Å². The average molecular weight is 432 g/mol. The molecule has 0 N–H and O–H groups in total. The molecule has 0 saturated carbocycles. The van der Waals surface area contributed by atoms with E-state index in [1.807, 2.05) is 60.7 Å². The fraction of sp³-hybridized carbons (Fsp3) is 0.154. The third kappa shape index (κ3) is 5.19. The van der Waals surface area contributed by atoms with Gasteiger partial charge in [0.1, 0.15) is 17.2 Å². The van der Waals surface area contributed by atoms with Gasteiger partial charge in [-0.25, -0.2) is 0 Å². The number of hydrogen-bond acceptors (Lipinski definition) is 5. The van der Waals surface area contributed by atoms with E-state index in [0.29, 0.717) is 6.61 Å². The van der Waals surface area contributed by atoms with Crippen molar-refractivity contribution < 1.29 is 14.2 Å². The van der Waals surface area contributed by atoms with Crippen LogP contribution in [0.1, 0.15) is 5.56 Å². The first-order valence-electron chi connectivity index (χ1n) is 10.1. The molecule has 4 rings (SSSR count). The molecular weight excluding hydrogens is 406 g/mol. The van der Waals surface area contributed by atoms with Gasteiger partial charge in [-0.05, 0) is 95.2 Å². The van der Waals surface area contributed by atoms with E-state index in [-0.39, 0.29) is 0 Å². The fourth-order valence-corrected chi connectivity index (χ4v) is 4.03. The van der Waals surface area contributed by atoms with Crippen molar-refractivity contribution in [3.05, 3.63) is 95.2 Å². The van der Waals surface area contributed by atoms with Gasteiger partial charge >= 0.3 is 0 Å². The number of anilines is 3. The Balaban J connectivity index is 1.56. The van der Waals surface area contributed by atoms with E-state index >= 15 is 0 Å². The smallest absolute Gasteiger partial charge is 0.119 e. The Morgan fingerprint density at radius 1 is 0.645 bits per heavy atom. The maximum atomic E-state index is 5.94. The van der Waals surface area contributed by atoms with E-state index in [1.165, 1.54) is 5.56 Å². The topological polar surface area (TPSA) is 30.9 Å². The van der Waals surface area contributed by atoms with Gasteiger partial charge in [0.25, 0.3) is 0 Å². The average Bonchev–Trinajstić information content (AvgIpc) is 3.35. The van der Waals surface area contributed by atoms with Crippen molar-refractivity contribution in [2.75, 3.05) is 25.7 Å². The molecule has 0 fully saturated rings. The van der Waals surface area contributed by atoms with Crippen molar-refractivity contribution in [3.63, 3.8) is 0 Å². The summed E-state index contributed by atoms with van der Waals surface area (Å²) in [7, 11) is 3.35. The van der Waals surface area contributed by atoms with E-state index in [1.54, 1.807) is 25.6 Å². The molecule has 0 radical (unpaired) electrons. The number of hydrogen-bond donors (Lipinski definition) is 0. The Hall–Kier alpha value is -3.44. The maximum Gasteiger partial charge on any atom is 0.119 e. The summed E-state index contributed by atoms with van der Waals surface area (Å²) >= 11 is 1.71. The quantitative estimate of drug-likeness (QED) is 0.290. The molecule has 0 atom stereocenters. The van der Waals surface area contributed by atoms with Gasteiger partial charge in [0.05, 0.1) is 20.8 Å². The lowest BCUT2D eigenvalue weighted by Gasteiger charge is -2.26. The summed E-state index contributed by atoms with van der Waals surface area (Å²) in [5, 5.41) is 4.26. The van der Waals surface area contributed by atoms with Crippen molar-refractivity contribution in [1.29, 1.82) is 0 Å². The Kier molecular flexibility index (Phi) is 6.75. The lowest BCUT2D eigenvalue weighted by Crippen LogP contribution is -2.10. The summed E-state index contributed by atoms with van der Waals surface area (Å²) in [6.45, 7) is 0.663. The molecule has 5 heteroatoms. The minimum atomic E-state index is 0.663. The zero-order valence-corrected chi connectivity index (χ0v) is 18.5. The number of nitrogens with zero attached hydrogens (tertiary/aromatic N) is 1. The van der Waals surface area contributed by atoms with Gasteiger partial charge in [-0.3, -0.25) is 0 Å². The molecular formula is C26H25NO3S. The molecule has 0 aliphatic heterocycles. The molecule has 0 unspecified atom stereocenters. The standard InChI is InChI=1S/C26H25NO3S/c1-28-24-9-3-21(4-10-24)27(22-5-11-25(29-2)12-6-22)23-7-13-26(14-8-23)30-17-15-20-16-18-31-19-20/h3-14,16,18-19H,15,17H2,1-2H3. The Labute approximate surface area is 187 Å². The van der Waals surface area contributed by atoms with E-state index in [4.69, 9.17) is 14.2 Å². The number of methoxy groups -OCH3 is 2. The van der Waals surface area contributed by atoms with Crippen LogP contribution in [0.25, 0.3) is 0 Å². The normalized spacial score (nSPS) is 10.5. The predicted molar refractivity (Wildman–Crippen MR) is 128 cm³/mol. The second-order valence-corrected chi connectivity index (χ2v) is 7.74. The number of thiophene rings is 1. The Bertz CT molecular complexity index is 1010. The summed E-state index contributed by atoms with van der Waals surface area (Å²) in [5.74, 6) is 2.52. The van der Waals surface area contributed by atoms with E-state index in [2.05, 4.69) is 33.9 Å². The second kappa shape index (κ2) is 10.0. The van der Waals surface area contributed by atoms with Crippen LogP contribution < -0.4 is 19.1 Å². The highest BCUT2D eigenvalue weighted by Crippen LogP contribution is 2.36. The van der Waals surface area contributed by atoms with Crippen molar-refractivity contribution >= 4 is 28.4 Å². The Morgan fingerprint density at radius 2 is 1.13 bits per heavy atom. The van der Waals surface area contributed by atoms with Gasteiger partial charge in [0, 0.05) is 23.5 Å². The molecule has 0 bridgehead atoms. The van der Waals surface area contributed by atoms with Crippen LogP contribution in [0.15, 0.2) is 89.6 Å². The van der Waals surface area contributed by atoms with Crippen LogP contribution in [0.4, 0.5) is 17.1 Å². The molecule has 0 spiro atoms. The third-order valence-corrected chi connectivity index (χ3v) is 5.73. The van der Waals surface area contributed by atoms with Crippen LogP contribution in [0.2, 0.25) is 0 Å². The van der Waals surface area contributed by atoms with Crippen LogP contribution >= 0.6 is 11.3 Å². The summed E-state index contributed by atoms with van der Waals surface area (Å²) in [4.78, 5) is 2.19. The van der Waals surface area contributed by atoms with Crippen molar-refractivity contribution in [1.82, 2.24) is 0 Å². The lowest BCUT2D eigenvalue weighted by atomic mass is 10.2. The van der Waals surface area contributed by atoms with Gasteiger partial charge in [0.15, 0.2) is 0 Å². The largest absolute Gasteiger partial charge is 0.497 e. The zero-order chi connectivity index (χ0) is 21.5. The molecule has 3 aromatic carbocycles. The first kappa shape index (κ1) is 20.8. The van der Waals surface area contributed by atoms with E-state index in [0.717, 1.165) is 40.7 Å². The minimum absolute atomic E-state index is 0.663. The van der Waals surface area contributed by atoms with Crippen LogP contribution in [0.5, 0.6) is 17.2 Å². The van der Waals surface area contributed by atoms with E-state index in [9.17, 15) is 0 Å². The van der Waals surface area contributed by atoms with Gasteiger partial charge < -0.3 is 19.1 Å². The van der Waals surface area contributed by atoms with Crippen molar-refractivity contribution in [3.8, 4) is 17.2 Å². The third-order valence-electron chi connectivity index (χ3n) is 5.00. The maximum absolute atomic E-state index is 5.94. The van der Waals surface area contributed by atoms with Crippen molar-refractivity contribution in [2.45, 2.75) is 6.42 Å². The van der Waals surface area contributed by atoms with Crippen LogP contribution in [-0.2, 0) is 6.42 Å². The molecule has 0 amide bonds. The van der Waals surface area contributed by atoms with E-state index < -0.39 is 0 Å². The van der Waals surface area contributed by atoms with Crippen molar-refractivity contribution in [2.24, 2.45) is 0 Å². The SMILES string of the molecule is COc1ccc(N(c2ccc(OC)cc2)c2ccc(OCCc3ccsc3)cc2)cc1. The highest BCUT2D eigenvalue weighted by atomic mass is 32.1. The fourth-order valence-electron chi connectivity index (χ4n) is 3.32.